The van der Waals surface area contributed by atoms with E-state index in [1.165, 1.54) is 0 Å². The van der Waals surface area contributed by atoms with Gasteiger partial charge in [0, 0.05) is 23.3 Å². The van der Waals surface area contributed by atoms with Crippen molar-refractivity contribution in [2.24, 2.45) is 11.8 Å². The first kappa shape index (κ1) is 18.9. The lowest BCUT2D eigenvalue weighted by molar-refractivity contribution is -0.130. The van der Waals surface area contributed by atoms with Crippen LogP contribution in [0.15, 0.2) is 22.7 Å². The molecule has 3 atom stereocenters. The Bertz CT molecular complexity index is 877. The zero-order chi connectivity index (χ0) is 20.0. The SMILES string of the molecule is Cc1cccc(C)c1OCc1noc(C2CC2)c1COC1C[C@H]2CC[C@@H](C1)C2=O. The number of aromatic nitrogens is 1. The van der Waals surface area contributed by atoms with Gasteiger partial charge in [0.25, 0.3) is 0 Å². The highest BCUT2D eigenvalue weighted by Gasteiger charge is 2.42. The smallest absolute Gasteiger partial charge is 0.145 e. The highest BCUT2D eigenvalue weighted by Crippen LogP contribution is 2.44. The molecule has 1 aromatic carbocycles. The number of ether oxygens (including phenoxy) is 2. The van der Waals surface area contributed by atoms with Crippen LogP contribution in [0.25, 0.3) is 0 Å². The van der Waals surface area contributed by atoms with Crippen LogP contribution >= 0.6 is 0 Å². The summed E-state index contributed by atoms with van der Waals surface area (Å²) in [5.41, 5.74) is 4.14. The average Bonchev–Trinajstić information content (AvgIpc) is 3.44. The minimum Gasteiger partial charge on any atom is -0.487 e. The minimum atomic E-state index is 0.166. The molecule has 154 valence electrons. The molecule has 3 aliphatic rings. The second-order valence-corrected chi connectivity index (χ2v) is 9.03. The van der Waals surface area contributed by atoms with Crippen molar-refractivity contribution in [2.75, 3.05) is 0 Å². The van der Waals surface area contributed by atoms with Crippen molar-refractivity contribution in [3.63, 3.8) is 0 Å². The van der Waals surface area contributed by atoms with Crippen molar-refractivity contribution in [2.45, 2.75) is 77.6 Å². The number of nitrogens with zero attached hydrogens (tertiary/aromatic N) is 1. The zero-order valence-corrected chi connectivity index (χ0v) is 17.3. The van der Waals surface area contributed by atoms with Crippen molar-refractivity contribution in [3.8, 4) is 5.75 Å². The summed E-state index contributed by atoms with van der Waals surface area (Å²) in [5, 5.41) is 4.34. The summed E-state index contributed by atoms with van der Waals surface area (Å²) < 4.78 is 18.2. The van der Waals surface area contributed by atoms with Gasteiger partial charge in [-0.3, -0.25) is 4.79 Å². The number of carbonyl (C=O) groups excluding carboxylic acids is 1. The summed E-state index contributed by atoms with van der Waals surface area (Å²) in [6, 6.07) is 6.16. The van der Waals surface area contributed by atoms with Crippen molar-refractivity contribution >= 4 is 5.78 Å². The van der Waals surface area contributed by atoms with Crippen LogP contribution in [0, 0.1) is 25.7 Å². The summed E-state index contributed by atoms with van der Waals surface area (Å²) in [5.74, 6) is 3.26. The predicted molar refractivity (Wildman–Crippen MR) is 108 cm³/mol. The molecule has 3 saturated carbocycles. The summed E-state index contributed by atoms with van der Waals surface area (Å²) in [4.78, 5) is 12.1. The molecule has 1 heterocycles. The number of hydrogen-bond donors (Lipinski definition) is 0. The summed E-state index contributed by atoms with van der Waals surface area (Å²) in [6.45, 7) is 5.00. The topological polar surface area (TPSA) is 61.6 Å². The van der Waals surface area contributed by atoms with Gasteiger partial charge in [-0.15, -0.1) is 0 Å². The van der Waals surface area contributed by atoms with Gasteiger partial charge in [-0.2, -0.15) is 0 Å². The Kier molecular flexibility index (Phi) is 4.94. The van der Waals surface area contributed by atoms with Gasteiger partial charge in [-0.05, 0) is 63.5 Å². The monoisotopic (exact) mass is 395 g/mol. The number of Topliss-reactive ketones (excluding diaryl/α,β-unsaturated/α-hetero) is 1. The van der Waals surface area contributed by atoms with E-state index in [9.17, 15) is 4.79 Å². The predicted octanol–water partition coefficient (Wildman–Crippen LogP) is 5.02. The van der Waals surface area contributed by atoms with Gasteiger partial charge in [0.1, 0.15) is 29.6 Å². The Labute approximate surface area is 171 Å². The maximum atomic E-state index is 12.1. The Balaban J connectivity index is 1.29. The maximum absolute atomic E-state index is 12.1. The lowest BCUT2D eigenvalue weighted by Gasteiger charge is -2.26. The molecule has 0 N–H and O–H groups in total. The van der Waals surface area contributed by atoms with E-state index >= 15 is 0 Å². The van der Waals surface area contributed by atoms with Gasteiger partial charge < -0.3 is 14.0 Å². The van der Waals surface area contributed by atoms with Crippen LogP contribution in [0.1, 0.15) is 72.6 Å². The lowest BCUT2D eigenvalue weighted by Crippen LogP contribution is -2.31. The minimum absolute atomic E-state index is 0.166. The zero-order valence-electron chi connectivity index (χ0n) is 17.3. The fourth-order valence-electron chi connectivity index (χ4n) is 5.01. The summed E-state index contributed by atoms with van der Waals surface area (Å²) in [7, 11) is 0. The third-order valence-electron chi connectivity index (χ3n) is 6.84. The molecule has 5 heteroatoms. The molecule has 3 fully saturated rings. The van der Waals surface area contributed by atoms with Crippen molar-refractivity contribution in [3.05, 3.63) is 46.3 Å². The highest BCUT2D eigenvalue weighted by atomic mass is 16.5. The van der Waals surface area contributed by atoms with E-state index in [0.29, 0.717) is 24.9 Å². The number of ketones is 1. The van der Waals surface area contributed by atoms with E-state index in [1.807, 2.05) is 6.07 Å². The van der Waals surface area contributed by atoms with Crippen LogP contribution in [-0.4, -0.2) is 17.0 Å². The fraction of sp³-hybridized carbons (Fsp3) is 0.583. The first-order valence-corrected chi connectivity index (χ1v) is 10.9. The van der Waals surface area contributed by atoms with E-state index in [0.717, 1.165) is 72.4 Å². The Morgan fingerprint density at radius 3 is 2.31 bits per heavy atom. The normalized spacial score (nSPS) is 26.1. The summed E-state index contributed by atoms with van der Waals surface area (Å²) in [6.07, 6.45) is 6.29. The first-order chi connectivity index (χ1) is 14.1. The van der Waals surface area contributed by atoms with E-state index in [1.54, 1.807) is 0 Å². The number of carbonyl (C=O) groups is 1. The average molecular weight is 395 g/mol. The first-order valence-electron chi connectivity index (χ1n) is 10.9. The second kappa shape index (κ2) is 7.60. The van der Waals surface area contributed by atoms with Crippen LogP contribution in [0.5, 0.6) is 5.75 Å². The molecule has 2 bridgehead atoms. The molecular weight excluding hydrogens is 366 g/mol. The van der Waals surface area contributed by atoms with Crippen molar-refractivity contribution in [1.82, 2.24) is 5.16 Å². The summed E-state index contributed by atoms with van der Waals surface area (Å²) >= 11 is 0. The Hall–Kier alpha value is -2.14. The number of aryl methyl sites for hydroxylation is 2. The van der Waals surface area contributed by atoms with Gasteiger partial charge >= 0.3 is 0 Å². The van der Waals surface area contributed by atoms with Crippen molar-refractivity contribution < 1.29 is 18.8 Å². The standard InChI is InChI=1S/C24H29NO4/c1-14-4-3-5-15(2)23(14)28-13-21-20(24(29-25-21)16-6-7-16)12-27-19-10-17-8-9-18(11-19)22(17)26/h3-5,16-19H,6-13H2,1-2H3/t17-,18+,19?. The molecule has 0 aliphatic heterocycles. The molecule has 0 radical (unpaired) electrons. The Morgan fingerprint density at radius 2 is 1.66 bits per heavy atom. The van der Waals surface area contributed by atoms with Crippen LogP contribution in [-0.2, 0) is 22.7 Å². The number of para-hydroxylation sites is 1. The van der Waals surface area contributed by atoms with E-state index in [4.69, 9.17) is 14.0 Å². The number of rotatable bonds is 7. The maximum Gasteiger partial charge on any atom is 0.145 e. The van der Waals surface area contributed by atoms with Crippen LogP contribution < -0.4 is 4.74 Å². The van der Waals surface area contributed by atoms with E-state index < -0.39 is 0 Å². The van der Waals surface area contributed by atoms with E-state index in [-0.39, 0.29) is 17.9 Å². The number of fused-ring (bicyclic) bond motifs is 2. The highest BCUT2D eigenvalue weighted by molar-refractivity contribution is 5.86. The van der Waals surface area contributed by atoms with Crippen LogP contribution in [0.4, 0.5) is 0 Å². The second-order valence-electron chi connectivity index (χ2n) is 9.03. The molecular formula is C24H29NO4. The van der Waals surface area contributed by atoms with Crippen LogP contribution in [0.3, 0.4) is 0 Å². The molecule has 1 aromatic heterocycles. The van der Waals surface area contributed by atoms with E-state index in [2.05, 4.69) is 31.1 Å². The third-order valence-corrected chi connectivity index (χ3v) is 6.84. The molecule has 5 rings (SSSR count). The largest absolute Gasteiger partial charge is 0.487 e. The number of hydrogen-bond acceptors (Lipinski definition) is 5. The van der Waals surface area contributed by atoms with Gasteiger partial charge in [-0.1, -0.05) is 23.4 Å². The molecule has 29 heavy (non-hydrogen) atoms. The van der Waals surface area contributed by atoms with Gasteiger partial charge in [0.05, 0.1) is 12.7 Å². The van der Waals surface area contributed by atoms with Crippen LogP contribution in [0.2, 0.25) is 0 Å². The molecule has 0 spiro atoms. The molecule has 1 unspecified atom stereocenters. The van der Waals surface area contributed by atoms with Gasteiger partial charge in [-0.25, -0.2) is 0 Å². The lowest BCUT2D eigenvalue weighted by atomic mass is 9.86. The fourth-order valence-corrected chi connectivity index (χ4v) is 5.01. The quantitative estimate of drug-likeness (QED) is 0.658. The molecule has 0 saturated heterocycles. The molecule has 2 aromatic rings. The Morgan fingerprint density at radius 1 is 1.00 bits per heavy atom. The number of benzene rings is 1. The van der Waals surface area contributed by atoms with Gasteiger partial charge in [0.2, 0.25) is 0 Å². The molecule has 0 amide bonds. The molecule has 3 aliphatic carbocycles. The molecule has 5 nitrogen and oxygen atoms in total. The third kappa shape index (κ3) is 3.73. The van der Waals surface area contributed by atoms with Gasteiger partial charge in [0.15, 0.2) is 0 Å². The van der Waals surface area contributed by atoms with Crippen molar-refractivity contribution in [1.29, 1.82) is 0 Å².